The summed E-state index contributed by atoms with van der Waals surface area (Å²) in [5, 5.41) is 9.71. The molecule has 0 aliphatic carbocycles. The van der Waals surface area contributed by atoms with Gasteiger partial charge in [-0.15, -0.1) is 0 Å². The van der Waals surface area contributed by atoms with Crippen molar-refractivity contribution in [3.8, 4) is 17.2 Å². The third-order valence-electron chi connectivity index (χ3n) is 5.02. The molecule has 0 spiro atoms. The first-order valence-electron chi connectivity index (χ1n) is 10.1. The van der Waals surface area contributed by atoms with Crippen LogP contribution in [0.3, 0.4) is 0 Å². The molecule has 30 heavy (non-hydrogen) atoms. The summed E-state index contributed by atoms with van der Waals surface area (Å²) in [6.07, 6.45) is 3.24. The predicted octanol–water partition coefficient (Wildman–Crippen LogP) is 5.04. The van der Waals surface area contributed by atoms with Crippen molar-refractivity contribution in [1.29, 1.82) is 5.26 Å². The average molecular weight is 399 g/mol. The van der Waals surface area contributed by atoms with Crippen LogP contribution in [0.5, 0.6) is 0 Å². The third kappa shape index (κ3) is 4.72. The second kappa shape index (κ2) is 9.80. The van der Waals surface area contributed by atoms with Gasteiger partial charge in [0.25, 0.3) is 0 Å². The molecule has 0 bridgehead atoms. The van der Waals surface area contributed by atoms with Gasteiger partial charge in [0.15, 0.2) is 5.69 Å². The molecule has 0 radical (unpaired) electrons. The monoisotopic (exact) mass is 399 g/mol. The number of methoxy groups -OCH3 is 1. The minimum absolute atomic E-state index is 0.307. The second-order valence-electron chi connectivity index (χ2n) is 7.17. The molecular weight excluding hydrogens is 374 g/mol. The van der Waals surface area contributed by atoms with E-state index in [4.69, 9.17) is 4.74 Å². The Labute approximate surface area is 177 Å². The lowest BCUT2D eigenvalue weighted by atomic mass is 9.94. The minimum Gasteiger partial charge on any atom is -0.464 e. The number of rotatable bonds is 7. The van der Waals surface area contributed by atoms with Gasteiger partial charge >= 0.3 is 5.97 Å². The molecule has 2 aromatic carbocycles. The van der Waals surface area contributed by atoms with Crippen LogP contribution < -0.4 is 0 Å². The standard InChI is InChI=1S/C25H25N3O2/c1-4-5-11-23-22(24(25(29)30-3)28-17(2)27-23)15-18-12-13-21(20(14-18)16-26)19-9-7-6-8-10-19/h6-10,12-14H,4-5,11,15H2,1-3H3. The van der Waals surface area contributed by atoms with Crippen molar-refractivity contribution in [3.63, 3.8) is 0 Å². The van der Waals surface area contributed by atoms with Crippen LogP contribution in [-0.2, 0) is 17.6 Å². The molecule has 5 heteroatoms. The van der Waals surface area contributed by atoms with Crippen LogP contribution in [0.4, 0.5) is 0 Å². The maximum Gasteiger partial charge on any atom is 0.357 e. The molecule has 1 heterocycles. The maximum atomic E-state index is 12.4. The molecule has 152 valence electrons. The highest BCUT2D eigenvalue weighted by Gasteiger charge is 2.20. The van der Waals surface area contributed by atoms with E-state index < -0.39 is 5.97 Å². The smallest absolute Gasteiger partial charge is 0.357 e. The maximum absolute atomic E-state index is 12.4. The predicted molar refractivity (Wildman–Crippen MR) is 116 cm³/mol. The number of carbonyl (C=O) groups is 1. The van der Waals surface area contributed by atoms with Crippen LogP contribution in [0, 0.1) is 18.3 Å². The van der Waals surface area contributed by atoms with Crippen molar-refractivity contribution < 1.29 is 9.53 Å². The molecule has 3 rings (SSSR count). The summed E-state index contributed by atoms with van der Waals surface area (Å²) in [6.45, 7) is 3.91. The molecule has 0 unspecified atom stereocenters. The highest BCUT2D eigenvalue weighted by Crippen LogP contribution is 2.26. The lowest BCUT2D eigenvalue weighted by molar-refractivity contribution is 0.0592. The van der Waals surface area contributed by atoms with Gasteiger partial charge in [0, 0.05) is 17.7 Å². The number of nitrogens with zero attached hydrogens (tertiary/aromatic N) is 3. The van der Waals surface area contributed by atoms with Crippen molar-refractivity contribution in [2.24, 2.45) is 0 Å². The fraction of sp³-hybridized carbons (Fsp3) is 0.280. The molecule has 0 aliphatic rings. The fourth-order valence-electron chi connectivity index (χ4n) is 3.52. The quantitative estimate of drug-likeness (QED) is 0.520. The Hall–Kier alpha value is -3.52. The Kier molecular flexibility index (Phi) is 6.92. The Bertz CT molecular complexity index is 1090. The number of aryl methyl sites for hydroxylation is 2. The number of ether oxygens (including phenoxy) is 1. The summed E-state index contributed by atoms with van der Waals surface area (Å²) >= 11 is 0. The highest BCUT2D eigenvalue weighted by atomic mass is 16.5. The minimum atomic E-state index is -0.463. The number of benzene rings is 2. The van der Waals surface area contributed by atoms with Crippen molar-refractivity contribution in [3.05, 3.63) is 82.4 Å². The zero-order valence-electron chi connectivity index (χ0n) is 17.6. The number of hydrogen-bond acceptors (Lipinski definition) is 5. The van der Waals surface area contributed by atoms with Crippen LogP contribution in [0.1, 0.15) is 58.5 Å². The molecule has 3 aromatic rings. The van der Waals surface area contributed by atoms with Crippen LogP contribution >= 0.6 is 0 Å². The molecule has 0 fully saturated rings. The number of aromatic nitrogens is 2. The first-order valence-corrected chi connectivity index (χ1v) is 10.1. The van der Waals surface area contributed by atoms with Gasteiger partial charge in [0.05, 0.1) is 18.7 Å². The zero-order valence-corrected chi connectivity index (χ0v) is 17.6. The van der Waals surface area contributed by atoms with E-state index in [1.807, 2.05) is 48.5 Å². The summed E-state index contributed by atoms with van der Waals surface area (Å²) in [7, 11) is 1.36. The number of carbonyl (C=O) groups excluding carboxylic acids is 1. The van der Waals surface area contributed by atoms with Gasteiger partial charge < -0.3 is 4.74 Å². The Morgan fingerprint density at radius 1 is 1.13 bits per heavy atom. The first-order chi connectivity index (χ1) is 14.6. The Balaban J connectivity index is 2.05. The first kappa shape index (κ1) is 21.2. The summed E-state index contributed by atoms with van der Waals surface area (Å²) in [5.74, 6) is 0.0945. The van der Waals surface area contributed by atoms with E-state index in [0.717, 1.165) is 47.2 Å². The number of nitriles is 1. The van der Waals surface area contributed by atoms with Crippen LogP contribution in [0.2, 0.25) is 0 Å². The van der Waals surface area contributed by atoms with Crippen LogP contribution in [0.15, 0.2) is 48.5 Å². The molecule has 0 saturated heterocycles. The number of hydrogen-bond donors (Lipinski definition) is 0. The molecular formula is C25H25N3O2. The fourth-order valence-corrected chi connectivity index (χ4v) is 3.52. The number of esters is 1. The third-order valence-corrected chi connectivity index (χ3v) is 5.02. The molecule has 1 aromatic heterocycles. The second-order valence-corrected chi connectivity index (χ2v) is 7.17. The topological polar surface area (TPSA) is 75.9 Å². The van der Waals surface area contributed by atoms with Crippen LogP contribution in [0.25, 0.3) is 11.1 Å². The van der Waals surface area contributed by atoms with E-state index in [1.54, 1.807) is 6.92 Å². The van der Waals surface area contributed by atoms with Gasteiger partial charge in [-0.05, 0) is 42.5 Å². The van der Waals surface area contributed by atoms with E-state index in [-0.39, 0.29) is 0 Å². The Morgan fingerprint density at radius 2 is 1.90 bits per heavy atom. The van der Waals surface area contributed by atoms with Crippen LogP contribution in [-0.4, -0.2) is 23.0 Å². The van der Waals surface area contributed by atoms with Gasteiger partial charge in [-0.25, -0.2) is 14.8 Å². The van der Waals surface area contributed by atoms with Gasteiger partial charge in [0.2, 0.25) is 0 Å². The van der Waals surface area contributed by atoms with Gasteiger partial charge in [-0.3, -0.25) is 0 Å². The number of unbranched alkanes of at least 4 members (excludes halogenated alkanes) is 1. The van der Waals surface area contributed by atoms with E-state index >= 15 is 0 Å². The lowest BCUT2D eigenvalue weighted by Gasteiger charge is -2.14. The Morgan fingerprint density at radius 3 is 2.57 bits per heavy atom. The summed E-state index contributed by atoms with van der Waals surface area (Å²) < 4.78 is 4.97. The SMILES string of the molecule is CCCCc1nc(C)nc(C(=O)OC)c1Cc1ccc(-c2ccccc2)c(C#N)c1. The normalized spacial score (nSPS) is 10.5. The summed E-state index contributed by atoms with van der Waals surface area (Å²) in [4.78, 5) is 21.4. The molecule has 0 amide bonds. The lowest BCUT2D eigenvalue weighted by Crippen LogP contribution is -2.15. The van der Waals surface area contributed by atoms with E-state index in [9.17, 15) is 10.1 Å². The van der Waals surface area contributed by atoms with Crippen molar-refractivity contribution >= 4 is 5.97 Å². The molecule has 5 nitrogen and oxygen atoms in total. The molecule has 0 N–H and O–H groups in total. The van der Waals surface area contributed by atoms with E-state index in [0.29, 0.717) is 23.5 Å². The summed E-state index contributed by atoms with van der Waals surface area (Å²) in [5.41, 5.74) is 5.37. The molecule has 0 aliphatic heterocycles. The zero-order chi connectivity index (χ0) is 21.5. The van der Waals surface area contributed by atoms with Crippen molar-refractivity contribution in [1.82, 2.24) is 9.97 Å². The molecule has 0 saturated carbocycles. The van der Waals surface area contributed by atoms with Gasteiger partial charge in [0.1, 0.15) is 5.82 Å². The van der Waals surface area contributed by atoms with Gasteiger partial charge in [-0.1, -0.05) is 55.8 Å². The van der Waals surface area contributed by atoms with Crippen molar-refractivity contribution in [2.45, 2.75) is 39.5 Å². The molecule has 0 atom stereocenters. The van der Waals surface area contributed by atoms with Crippen molar-refractivity contribution in [2.75, 3.05) is 7.11 Å². The van der Waals surface area contributed by atoms with E-state index in [1.165, 1.54) is 7.11 Å². The van der Waals surface area contributed by atoms with Gasteiger partial charge in [-0.2, -0.15) is 5.26 Å². The highest BCUT2D eigenvalue weighted by molar-refractivity contribution is 5.89. The van der Waals surface area contributed by atoms with E-state index in [2.05, 4.69) is 23.0 Å². The largest absolute Gasteiger partial charge is 0.464 e. The average Bonchev–Trinajstić information content (AvgIpc) is 2.78. The summed E-state index contributed by atoms with van der Waals surface area (Å²) in [6, 6.07) is 18.0.